The molecule has 0 atom stereocenters. The summed E-state index contributed by atoms with van der Waals surface area (Å²) in [6, 6.07) is 12.8. The van der Waals surface area contributed by atoms with Crippen molar-refractivity contribution in [1.82, 2.24) is 14.8 Å². The van der Waals surface area contributed by atoms with Crippen molar-refractivity contribution in [3.63, 3.8) is 0 Å². The second-order valence-electron chi connectivity index (χ2n) is 6.56. The van der Waals surface area contributed by atoms with Gasteiger partial charge in [0.2, 0.25) is 5.88 Å². The van der Waals surface area contributed by atoms with Crippen molar-refractivity contribution in [2.45, 2.75) is 13.8 Å². The van der Waals surface area contributed by atoms with Crippen molar-refractivity contribution in [3.8, 4) is 11.6 Å². The zero-order chi connectivity index (χ0) is 19.8. The Morgan fingerprint density at radius 1 is 1.14 bits per heavy atom. The molecule has 7 heteroatoms. The largest absolute Gasteiger partial charge is 0.464 e. The fourth-order valence-corrected chi connectivity index (χ4v) is 3.48. The number of carbonyl (C=O) groups excluding carboxylic acids is 1. The van der Waals surface area contributed by atoms with Gasteiger partial charge < -0.3 is 9.47 Å². The highest BCUT2D eigenvalue weighted by atomic mass is 35.5. The summed E-state index contributed by atoms with van der Waals surface area (Å²) in [6.45, 7) is 3.62. The summed E-state index contributed by atoms with van der Waals surface area (Å²) < 4.78 is 12.8. The molecule has 2 aromatic carbocycles. The van der Waals surface area contributed by atoms with Crippen LogP contribution in [0.4, 0.5) is 0 Å². The molecule has 142 valence electrons. The first kappa shape index (κ1) is 18.3. The second-order valence-corrected chi connectivity index (χ2v) is 6.97. The van der Waals surface area contributed by atoms with Gasteiger partial charge >= 0.3 is 5.97 Å². The lowest BCUT2D eigenvalue weighted by molar-refractivity contribution is -0.136. The molecular weight excluding hydrogens is 378 g/mol. The number of nitrogens with zero attached hydrogens (tertiary/aromatic N) is 3. The molecule has 0 spiro atoms. The van der Waals surface area contributed by atoms with Crippen molar-refractivity contribution in [3.05, 3.63) is 58.7 Å². The summed E-state index contributed by atoms with van der Waals surface area (Å²) in [4.78, 5) is 16.9. The molecule has 0 amide bonds. The van der Waals surface area contributed by atoms with Gasteiger partial charge in [-0.15, -0.1) is 5.10 Å². The molecular formula is C21H18ClN3O3. The van der Waals surface area contributed by atoms with E-state index in [2.05, 4.69) is 10.1 Å². The molecule has 0 aliphatic carbocycles. The first-order valence-corrected chi connectivity index (χ1v) is 9.13. The van der Waals surface area contributed by atoms with E-state index in [4.69, 9.17) is 21.1 Å². The Kier molecular flexibility index (Phi) is 4.65. The Morgan fingerprint density at radius 2 is 1.89 bits per heavy atom. The van der Waals surface area contributed by atoms with Gasteiger partial charge in [0.25, 0.3) is 0 Å². The number of hydrogen-bond acceptors (Lipinski definition) is 5. The summed E-state index contributed by atoms with van der Waals surface area (Å²) in [7, 11) is 1.79. The van der Waals surface area contributed by atoms with Crippen LogP contribution in [0, 0.1) is 13.8 Å². The number of ether oxygens (including phenoxy) is 2. The molecule has 0 aliphatic rings. The van der Waals surface area contributed by atoms with E-state index in [0.29, 0.717) is 22.3 Å². The molecule has 0 unspecified atom stereocenters. The van der Waals surface area contributed by atoms with E-state index in [1.807, 2.05) is 44.2 Å². The zero-order valence-corrected chi connectivity index (χ0v) is 16.4. The molecule has 4 rings (SSSR count). The van der Waals surface area contributed by atoms with E-state index >= 15 is 0 Å². The van der Waals surface area contributed by atoms with Gasteiger partial charge in [0.15, 0.2) is 12.3 Å². The smallest absolute Gasteiger partial charge is 0.349 e. The van der Waals surface area contributed by atoms with Crippen molar-refractivity contribution in [1.29, 1.82) is 0 Å². The standard InChI is InChI=1S/C21H18ClN3O3/c1-12-10-13(2)23-20-19(12)21(24-25(20)3)27-11-18(26)28-17-9-8-16(22)14-6-4-5-7-15(14)17/h4-10H,11H2,1-3H3. The average molecular weight is 396 g/mol. The van der Waals surface area contributed by atoms with Crippen LogP contribution in [0.2, 0.25) is 5.02 Å². The number of halogens is 1. The summed E-state index contributed by atoms with van der Waals surface area (Å²) in [6.07, 6.45) is 0. The van der Waals surface area contributed by atoms with E-state index in [9.17, 15) is 4.79 Å². The maximum atomic E-state index is 12.4. The molecule has 0 fully saturated rings. The van der Waals surface area contributed by atoms with Crippen molar-refractivity contribution in [2.24, 2.45) is 7.05 Å². The topological polar surface area (TPSA) is 66.2 Å². The molecule has 0 aliphatic heterocycles. The maximum Gasteiger partial charge on any atom is 0.349 e. The molecule has 28 heavy (non-hydrogen) atoms. The van der Waals surface area contributed by atoms with Crippen LogP contribution in [-0.2, 0) is 11.8 Å². The highest BCUT2D eigenvalue weighted by Crippen LogP contribution is 2.31. The van der Waals surface area contributed by atoms with Crippen LogP contribution >= 0.6 is 11.6 Å². The SMILES string of the molecule is Cc1cc(C)c2c(OCC(=O)Oc3ccc(Cl)c4ccccc34)nn(C)c2n1. The third-order valence-corrected chi connectivity index (χ3v) is 4.80. The van der Waals surface area contributed by atoms with E-state index in [1.54, 1.807) is 23.9 Å². The lowest BCUT2D eigenvalue weighted by Gasteiger charge is -2.09. The quantitative estimate of drug-likeness (QED) is 0.379. The van der Waals surface area contributed by atoms with E-state index in [-0.39, 0.29) is 6.61 Å². The number of aromatic nitrogens is 3. The summed E-state index contributed by atoms with van der Waals surface area (Å²) >= 11 is 6.21. The minimum Gasteiger partial charge on any atom is -0.464 e. The molecule has 0 N–H and O–H groups in total. The van der Waals surface area contributed by atoms with Gasteiger partial charge in [0, 0.05) is 28.5 Å². The monoisotopic (exact) mass is 395 g/mol. The summed E-state index contributed by atoms with van der Waals surface area (Å²) in [5.74, 6) is 0.275. The number of aryl methyl sites for hydroxylation is 3. The number of hydrogen-bond donors (Lipinski definition) is 0. The normalized spacial score (nSPS) is 11.1. The van der Waals surface area contributed by atoms with E-state index < -0.39 is 5.97 Å². The van der Waals surface area contributed by atoms with Gasteiger partial charge in [-0.3, -0.25) is 0 Å². The number of fused-ring (bicyclic) bond motifs is 2. The van der Waals surface area contributed by atoms with Crippen LogP contribution < -0.4 is 9.47 Å². The minimum atomic E-state index is -0.524. The molecule has 6 nitrogen and oxygen atoms in total. The fourth-order valence-electron chi connectivity index (χ4n) is 3.25. The Morgan fingerprint density at radius 3 is 2.68 bits per heavy atom. The third-order valence-electron chi connectivity index (χ3n) is 4.47. The van der Waals surface area contributed by atoms with Crippen LogP contribution in [0.3, 0.4) is 0 Å². The molecule has 0 bridgehead atoms. The van der Waals surface area contributed by atoms with Crippen LogP contribution in [0.25, 0.3) is 21.8 Å². The minimum absolute atomic E-state index is 0.267. The van der Waals surface area contributed by atoms with Gasteiger partial charge in [-0.2, -0.15) is 0 Å². The molecule has 4 aromatic rings. The first-order chi connectivity index (χ1) is 13.4. The number of esters is 1. The average Bonchev–Trinajstić information content (AvgIpc) is 2.98. The lowest BCUT2D eigenvalue weighted by Crippen LogP contribution is -2.18. The molecule has 0 radical (unpaired) electrons. The Labute approximate surface area is 166 Å². The highest BCUT2D eigenvalue weighted by Gasteiger charge is 2.17. The summed E-state index contributed by atoms with van der Waals surface area (Å²) in [5.41, 5.74) is 2.60. The van der Waals surface area contributed by atoms with E-state index in [1.165, 1.54) is 0 Å². The van der Waals surface area contributed by atoms with Crippen molar-refractivity contribution < 1.29 is 14.3 Å². The van der Waals surface area contributed by atoms with E-state index in [0.717, 1.165) is 27.4 Å². The number of pyridine rings is 1. The predicted molar refractivity (Wildman–Crippen MR) is 108 cm³/mol. The Hall–Kier alpha value is -3.12. The van der Waals surface area contributed by atoms with Crippen LogP contribution in [0.15, 0.2) is 42.5 Å². The van der Waals surface area contributed by atoms with Crippen LogP contribution in [0.5, 0.6) is 11.6 Å². The lowest BCUT2D eigenvalue weighted by atomic mass is 10.1. The van der Waals surface area contributed by atoms with Crippen LogP contribution in [0.1, 0.15) is 11.3 Å². The zero-order valence-electron chi connectivity index (χ0n) is 15.7. The second kappa shape index (κ2) is 7.13. The highest BCUT2D eigenvalue weighted by molar-refractivity contribution is 6.35. The number of rotatable bonds is 4. The molecule has 0 saturated heterocycles. The Bertz CT molecular complexity index is 1220. The van der Waals surface area contributed by atoms with Gasteiger partial charge in [-0.25, -0.2) is 14.5 Å². The van der Waals surface area contributed by atoms with Gasteiger partial charge in [-0.1, -0.05) is 35.9 Å². The number of benzene rings is 2. The molecule has 2 aromatic heterocycles. The molecule has 0 saturated carbocycles. The van der Waals surface area contributed by atoms with Crippen molar-refractivity contribution >= 4 is 39.4 Å². The van der Waals surface area contributed by atoms with Crippen LogP contribution in [-0.4, -0.2) is 27.3 Å². The Balaban J connectivity index is 1.55. The van der Waals surface area contributed by atoms with Crippen molar-refractivity contribution in [2.75, 3.05) is 6.61 Å². The third kappa shape index (κ3) is 3.27. The van der Waals surface area contributed by atoms with Gasteiger partial charge in [0.1, 0.15) is 5.75 Å². The predicted octanol–water partition coefficient (Wildman–Crippen LogP) is 4.38. The number of carbonyl (C=O) groups is 1. The van der Waals surface area contributed by atoms with Gasteiger partial charge in [-0.05, 0) is 37.6 Å². The maximum absolute atomic E-state index is 12.4. The fraction of sp³-hybridized carbons (Fsp3) is 0.190. The first-order valence-electron chi connectivity index (χ1n) is 8.75. The van der Waals surface area contributed by atoms with Gasteiger partial charge in [0.05, 0.1) is 5.39 Å². The summed E-state index contributed by atoms with van der Waals surface area (Å²) in [5, 5.41) is 7.32. The molecule has 2 heterocycles.